The number of benzene rings is 2. The van der Waals surface area contributed by atoms with Crippen LogP contribution in [0.15, 0.2) is 36.4 Å². The smallest absolute Gasteiger partial charge is 0.133 e. The standard InChI is InChI=1S/C17H19ClFNO/c1-3-13(20)10-14-15(19)5-4-6-16(14)21-17-9-12(18)8-7-11(17)2/h4-9,13H,3,10,20H2,1-2H3. The molecule has 0 saturated heterocycles. The van der Waals surface area contributed by atoms with Gasteiger partial charge in [0.15, 0.2) is 0 Å². The average molecular weight is 308 g/mol. The molecule has 0 amide bonds. The summed E-state index contributed by atoms with van der Waals surface area (Å²) in [5, 5.41) is 0.582. The molecule has 1 unspecified atom stereocenters. The lowest BCUT2D eigenvalue weighted by atomic mass is 10.0. The molecule has 2 nitrogen and oxygen atoms in total. The summed E-state index contributed by atoms with van der Waals surface area (Å²) >= 11 is 5.99. The van der Waals surface area contributed by atoms with Crippen LogP contribution in [0.25, 0.3) is 0 Å². The highest BCUT2D eigenvalue weighted by Gasteiger charge is 2.14. The summed E-state index contributed by atoms with van der Waals surface area (Å²) in [6.45, 7) is 3.90. The fraction of sp³-hybridized carbons (Fsp3) is 0.294. The van der Waals surface area contributed by atoms with Crippen molar-refractivity contribution in [2.45, 2.75) is 32.7 Å². The molecule has 21 heavy (non-hydrogen) atoms. The van der Waals surface area contributed by atoms with E-state index in [2.05, 4.69) is 0 Å². The van der Waals surface area contributed by atoms with Gasteiger partial charge in [0, 0.05) is 16.6 Å². The molecule has 0 aliphatic rings. The van der Waals surface area contributed by atoms with E-state index in [1.807, 2.05) is 19.9 Å². The van der Waals surface area contributed by atoms with E-state index in [4.69, 9.17) is 22.1 Å². The first-order valence-corrected chi connectivity index (χ1v) is 7.36. The first-order valence-electron chi connectivity index (χ1n) is 6.98. The van der Waals surface area contributed by atoms with Gasteiger partial charge in [0.1, 0.15) is 17.3 Å². The summed E-state index contributed by atoms with van der Waals surface area (Å²) < 4.78 is 19.9. The molecule has 2 rings (SSSR count). The minimum Gasteiger partial charge on any atom is -0.457 e. The maximum absolute atomic E-state index is 14.1. The van der Waals surface area contributed by atoms with Gasteiger partial charge in [-0.25, -0.2) is 4.39 Å². The van der Waals surface area contributed by atoms with E-state index >= 15 is 0 Å². The molecule has 2 N–H and O–H groups in total. The summed E-state index contributed by atoms with van der Waals surface area (Å²) in [5.74, 6) is 0.819. The maximum atomic E-state index is 14.1. The summed E-state index contributed by atoms with van der Waals surface area (Å²) in [7, 11) is 0. The lowest BCUT2D eigenvalue weighted by Gasteiger charge is -2.16. The zero-order chi connectivity index (χ0) is 15.4. The molecule has 0 radical (unpaired) electrons. The fourth-order valence-electron chi connectivity index (χ4n) is 2.04. The van der Waals surface area contributed by atoms with E-state index in [0.29, 0.717) is 28.5 Å². The molecule has 112 valence electrons. The van der Waals surface area contributed by atoms with E-state index in [1.54, 1.807) is 24.3 Å². The van der Waals surface area contributed by atoms with Gasteiger partial charge in [-0.05, 0) is 49.6 Å². The van der Waals surface area contributed by atoms with Gasteiger partial charge >= 0.3 is 0 Å². The van der Waals surface area contributed by atoms with Crippen LogP contribution >= 0.6 is 11.6 Å². The Morgan fingerprint density at radius 2 is 2.00 bits per heavy atom. The number of ether oxygens (including phenoxy) is 1. The van der Waals surface area contributed by atoms with E-state index < -0.39 is 0 Å². The van der Waals surface area contributed by atoms with Gasteiger partial charge in [-0.3, -0.25) is 0 Å². The van der Waals surface area contributed by atoms with Gasteiger partial charge in [0.25, 0.3) is 0 Å². The number of nitrogens with two attached hydrogens (primary N) is 1. The lowest BCUT2D eigenvalue weighted by molar-refractivity contribution is 0.458. The van der Waals surface area contributed by atoms with Crippen LogP contribution in [0.2, 0.25) is 5.02 Å². The molecular weight excluding hydrogens is 289 g/mol. The van der Waals surface area contributed by atoms with Crippen molar-refractivity contribution in [3.63, 3.8) is 0 Å². The van der Waals surface area contributed by atoms with E-state index in [1.165, 1.54) is 6.07 Å². The Morgan fingerprint density at radius 3 is 2.71 bits per heavy atom. The van der Waals surface area contributed by atoms with Crippen LogP contribution in [0.5, 0.6) is 11.5 Å². The van der Waals surface area contributed by atoms with Gasteiger partial charge in [-0.2, -0.15) is 0 Å². The Balaban J connectivity index is 2.35. The predicted molar refractivity (Wildman–Crippen MR) is 84.6 cm³/mol. The molecule has 0 bridgehead atoms. The molecular formula is C17H19ClFNO. The predicted octanol–water partition coefficient (Wildman–Crippen LogP) is 4.86. The third-order valence-corrected chi connectivity index (χ3v) is 3.67. The molecule has 0 heterocycles. The Hall–Kier alpha value is -1.58. The summed E-state index contributed by atoms with van der Waals surface area (Å²) in [6, 6.07) is 10.1. The van der Waals surface area contributed by atoms with E-state index in [-0.39, 0.29) is 11.9 Å². The van der Waals surface area contributed by atoms with Gasteiger partial charge in [0.2, 0.25) is 0 Å². The van der Waals surface area contributed by atoms with Crippen molar-refractivity contribution in [2.75, 3.05) is 0 Å². The van der Waals surface area contributed by atoms with Crippen molar-refractivity contribution in [1.82, 2.24) is 0 Å². The second-order valence-corrected chi connectivity index (χ2v) is 5.54. The van der Waals surface area contributed by atoms with Crippen molar-refractivity contribution < 1.29 is 9.13 Å². The highest BCUT2D eigenvalue weighted by atomic mass is 35.5. The molecule has 2 aromatic carbocycles. The fourth-order valence-corrected chi connectivity index (χ4v) is 2.20. The highest BCUT2D eigenvalue weighted by molar-refractivity contribution is 6.30. The normalized spacial score (nSPS) is 12.2. The van der Waals surface area contributed by atoms with Crippen molar-refractivity contribution in [3.8, 4) is 11.5 Å². The number of halogens is 2. The number of rotatable bonds is 5. The van der Waals surface area contributed by atoms with Crippen LogP contribution in [-0.2, 0) is 6.42 Å². The van der Waals surface area contributed by atoms with Crippen LogP contribution in [0.1, 0.15) is 24.5 Å². The van der Waals surface area contributed by atoms with E-state index in [9.17, 15) is 4.39 Å². The van der Waals surface area contributed by atoms with Crippen LogP contribution in [0.3, 0.4) is 0 Å². The Morgan fingerprint density at radius 1 is 1.24 bits per heavy atom. The van der Waals surface area contributed by atoms with E-state index in [0.717, 1.165) is 12.0 Å². The average Bonchev–Trinajstić information content (AvgIpc) is 2.46. The third kappa shape index (κ3) is 3.96. The van der Waals surface area contributed by atoms with Gasteiger partial charge in [-0.15, -0.1) is 0 Å². The SMILES string of the molecule is CCC(N)Cc1c(F)cccc1Oc1cc(Cl)ccc1C. The van der Waals surface area contributed by atoms with Crippen LogP contribution in [0.4, 0.5) is 4.39 Å². The number of hydrogen-bond acceptors (Lipinski definition) is 2. The second-order valence-electron chi connectivity index (χ2n) is 5.10. The molecule has 4 heteroatoms. The molecule has 1 atom stereocenters. The monoisotopic (exact) mass is 307 g/mol. The molecule has 0 aromatic heterocycles. The van der Waals surface area contributed by atoms with Crippen molar-refractivity contribution in [3.05, 3.63) is 58.4 Å². The van der Waals surface area contributed by atoms with Crippen LogP contribution in [0, 0.1) is 12.7 Å². The molecule has 0 aliphatic carbocycles. The quantitative estimate of drug-likeness (QED) is 0.856. The number of aryl methyl sites for hydroxylation is 1. The Labute approximate surface area is 129 Å². The largest absolute Gasteiger partial charge is 0.457 e. The maximum Gasteiger partial charge on any atom is 0.133 e. The Kier molecular flexibility index (Phi) is 5.21. The lowest BCUT2D eigenvalue weighted by Crippen LogP contribution is -2.22. The van der Waals surface area contributed by atoms with Crippen molar-refractivity contribution >= 4 is 11.6 Å². The summed E-state index contributed by atoms with van der Waals surface area (Å²) in [4.78, 5) is 0. The third-order valence-electron chi connectivity index (χ3n) is 3.44. The minimum atomic E-state index is -0.295. The minimum absolute atomic E-state index is 0.0929. The summed E-state index contributed by atoms with van der Waals surface area (Å²) in [5.41, 5.74) is 7.39. The first-order chi connectivity index (χ1) is 10.0. The topological polar surface area (TPSA) is 35.2 Å². The van der Waals surface area contributed by atoms with Crippen LogP contribution < -0.4 is 10.5 Å². The zero-order valence-electron chi connectivity index (χ0n) is 12.2. The zero-order valence-corrected chi connectivity index (χ0v) is 13.0. The molecule has 2 aromatic rings. The van der Waals surface area contributed by atoms with Gasteiger partial charge in [0.05, 0.1) is 0 Å². The van der Waals surface area contributed by atoms with Gasteiger partial charge < -0.3 is 10.5 Å². The van der Waals surface area contributed by atoms with Crippen molar-refractivity contribution in [1.29, 1.82) is 0 Å². The highest BCUT2D eigenvalue weighted by Crippen LogP contribution is 2.31. The number of hydrogen-bond donors (Lipinski definition) is 1. The molecule has 0 fully saturated rings. The summed E-state index contributed by atoms with van der Waals surface area (Å²) in [6.07, 6.45) is 1.22. The Bertz CT molecular complexity index is 630. The molecule has 0 saturated carbocycles. The van der Waals surface area contributed by atoms with Crippen LogP contribution in [-0.4, -0.2) is 6.04 Å². The van der Waals surface area contributed by atoms with Crippen molar-refractivity contribution in [2.24, 2.45) is 5.73 Å². The van der Waals surface area contributed by atoms with Gasteiger partial charge in [-0.1, -0.05) is 30.7 Å². The molecule has 0 aliphatic heterocycles. The molecule has 0 spiro atoms. The first kappa shape index (κ1) is 15.8. The second kappa shape index (κ2) is 6.92.